The number of halogens is 2. The van der Waals surface area contributed by atoms with Crippen molar-refractivity contribution in [1.82, 2.24) is 4.98 Å². The summed E-state index contributed by atoms with van der Waals surface area (Å²) in [5, 5.41) is 10.7. The first-order valence-electron chi connectivity index (χ1n) is 4.89. The Morgan fingerprint density at radius 3 is 2.82 bits per heavy atom. The molecule has 5 heteroatoms. The van der Waals surface area contributed by atoms with Crippen LogP contribution in [0, 0.1) is 0 Å². The smallest absolute Gasteiger partial charge is 0.115 e. The maximum Gasteiger partial charge on any atom is 0.115 e. The Morgan fingerprint density at radius 2 is 2.12 bits per heavy atom. The molecular weight excluding hydrogens is 322 g/mol. The van der Waals surface area contributed by atoms with Crippen LogP contribution in [-0.4, -0.2) is 10.1 Å². The van der Waals surface area contributed by atoms with E-state index in [9.17, 15) is 5.11 Å². The van der Waals surface area contributed by atoms with E-state index in [0.717, 1.165) is 20.0 Å². The second-order valence-electron chi connectivity index (χ2n) is 3.28. The Labute approximate surface area is 117 Å². The second kappa shape index (κ2) is 5.87. The van der Waals surface area contributed by atoms with E-state index in [-0.39, 0.29) is 6.61 Å². The van der Waals surface area contributed by atoms with E-state index in [0.29, 0.717) is 5.02 Å². The number of hydrogen-bond donors (Lipinski definition) is 1. The third kappa shape index (κ3) is 3.01. The zero-order valence-electron chi connectivity index (χ0n) is 8.73. The van der Waals surface area contributed by atoms with Gasteiger partial charge in [0.1, 0.15) is 5.03 Å². The van der Waals surface area contributed by atoms with E-state index in [1.807, 2.05) is 24.3 Å². The van der Waals surface area contributed by atoms with E-state index >= 15 is 0 Å². The SMILES string of the molecule is OCc1cccc(Cl)c1Sc1ncccc1Br. The summed E-state index contributed by atoms with van der Waals surface area (Å²) in [5.41, 5.74) is 0.806. The Morgan fingerprint density at radius 1 is 1.29 bits per heavy atom. The molecule has 1 N–H and O–H groups in total. The molecule has 0 saturated heterocycles. The van der Waals surface area contributed by atoms with E-state index in [4.69, 9.17) is 11.6 Å². The van der Waals surface area contributed by atoms with Crippen molar-refractivity contribution in [1.29, 1.82) is 0 Å². The predicted octanol–water partition coefficient (Wildman–Crippen LogP) is 4.14. The molecular formula is C12H9BrClNOS. The molecule has 0 aliphatic heterocycles. The molecule has 0 amide bonds. The minimum atomic E-state index is -0.0344. The van der Waals surface area contributed by atoms with Gasteiger partial charge in [-0.05, 0) is 39.7 Å². The fourth-order valence-corrected chi connectivity index (χ4v) is 3.04. The van der Waals surface area contributed by atoms with Crippen molar-refractivity contribution in [2.24, 2.45) is 0 Å². The van der Waals surface area contributed by atoms with Crippen LogP contribution in [0.1, 0.15) is 5.56 Å². The van der Waals surface area contributed by atoms with Gasteiger partial charge >= 0.3 is 0 Å². The number of aliphatic hydroxyl groups is 1. The Bertz CT molecular complexity index is 536. The molecule has 88 valence electrons. The van der Waals surface area contributed by atoms with Crippen LogP contribution < -0.4 is 0 Å². The van der Waals surface area contributed by atoms with Crippen LogP contribution in [0.15, 0.2) is 50.9 Å². The van der Waals surface area contributed by atoms with Gasteiger partial charge in [-0.25, -0.2) is 4.98 Å². The van der Waals surface area contributed by atoms with E-state index in [1.54, 1.807) is 12.3 Å². The van der Waals surface area contributed by atoms with Crippen molar-refractivity contribution >= 4 is 39.3 Å². The molecule has 0 saturated carbocycles. The number of rotatable bonds is 3. The normalized spacial score (nSPS) is 10.5. The van der Waals surface area contributed by atoms with Crippen LogP contribution in [-0.2, 0) is 6.61 Å². The van der Waals surface area contributed by atoms with Crippen LogP contribution >= 0.6 is 39.3 Å². The first kappa shape index (κ1) is 12.9. The number of aromatic nitrogens is 1. The molecule has 0 unspecified atom stereocenters. The lowest BCUT2D eigenvalue weighted by molar-refractivity contribution is 0.279. The summed E-state index contributed by atoms with van der Waals surface area (Å²) in [6, 6.07) is 9.26. The molecule has 0 atom stereocenters. The van der Waals surface area contributed by atoms with E-state index < -0.39 is 0 Å². The lowest BCUT2D eigenvalue weighted by Gasteiger charge is -2.09. The summed E-state index contributed by atoms with van der Waals surface area (Å²) in [7, 11) is 0. The van der Waals surface area contributed by atoms with Crippen LogP contribution in [0.2, 0.25) is 5.02 Å². The molecule has 0 radical (unpaired) electrons. The molecule has 1 heterocycles. The monoisotopic (exact) mass is 329 g/mol. The second-order valence-corrected chi connectivity index (χ2v) is 5.54. The van der Waals surface area contributed by atoms with Crippen molar-refractivity contribution in [3.63, 3.8) is 0 Å². The first-order valence-corrected chi connectivity index (χ1v) is 6.87. The average molecular weight is 331 g/mol. The Hall–Kier alpha value is -0.550. The summed E-state index contributed by atoms with van der Waals surface area (Å²) < 4.78 is 0.911. The Kier molecular flexibility index (Phi) is 4.45. The average Bonchev–Trinajstić information content (AvgIpc) is 2.34. The molecule has 17 heavy (non-hydrogen) atoms. The highest BCUT2D eigenvalue weighted by Gasteiger charge is 2.10. The van der Waals surface area contributed by atoms with Crippen LogP contribution in [0.4, 0.5) is 0 Å². The molecule has 2 rings (SSSR count). The molecule has 0 aliphatic carbocycles. The summed E-state index contributed by atoms with van der Waals surface area (Å²) in [6.07, 6.45) is 1.72. The van der Waals surface area contributed by atoms with Gasteiger partial charge in [0, 0.05) is 11.1 Å². The number of benzene rings is 1. The third-order valence-corrected chi connectivity index (χ3v) is 4.68. The first-order chi connectivity index (χ1) is 8.22. The van der Waals surface area contributed by atoms with Gasteiger partial charge in [0.05, 0.1) is 16.1 Å². The molecule has 2 aromatic rings. The zero-order chi connectivity index (χ0) is 12.3. The molecule has 0 fully saturated rings. The highest BCUT2D eigenvalue weighted by atomic mass is 79.9. The maximum atomic E-state index is 9.29. The largest absolute Gasteiger partial charge is 0.392 e. The lowest BCUT2D eigenvalue weighted by Crippen LogP contribution is -1.89. The minimum absolute atomic E-state index is 0.0344. The van der Waals surface area contributed by atoms with Crippen LogP contribution in [0.25, 0.3) is 0 Å². The van der Waals surface area contributed by atoms with Gasteiger partial charge in [-0.3, -0.25) is 0 Å². The predicted molar refractivity (Wildman–Crippen MR) is 73.4 cm³/mol. The van der Waals surface area contributed by atoms with Gasteiger partial charge in [-0.15, -0.1) is 0 Å². The molecule has 1 aromatic heterocycles. The van der Waals surface area contributed by atoms with Gasteiger partial charge < -0.3 is 5.11 Å². The van der Waals surface area contributed by atoms with Crippen molar-refractivity contribution in [2.45, 2.75) is 16.5 Å². The van der Waals surface area contributed by atoms with Crippen molar-refractivity contribution in [3.05, 3.63) is 51.6 Å². The number of nitrogens with zero attached hydrogens (tertiary/aromatic N) is 1. The van der Waals surface area contributed by atoms with E-state index in [2.05, 4.69) is 20.9 Å². The summed E-state index contributed by atoms with van der Waals surface area (Å²) in [4.78, 5) is 5.11. The van der Waals surface area contributed by atoms with Gasteiger partial charge in [0.2, 0.25) is 0 Å². The number of pyridine rings is 1. The fourth-order valence-electron chi connectivity index (χ4n) is 1.34. The fraction of sp³-hybridized carbons (Fsp3) is 0.0833. The topological polar surface area (TPSA) is 33.1 Å². The standard InChI is InChI=1S/C12H9BrClNOS/c13-9-4-2-6-15-12(9)17-11-8(7-16)3-1-5-10(11)14/h1-6,16H,7H2. The van der Waals surface area contributed by atoms with Crippen LogP contribution in [0.3, 0.4) is 0 Å². The van der Waals surface area contributed by atoms with Crippen molar-refractivity contribution < 1.29 is 5.11 Å². The molecule has 0 bridgehead atoms. The zero-order valence-corrected chi connectivity index (χ0v) is 11.9. The maximum absolute atomic E-state index is 9.29. The summed E-state index contributed by atoms with van der Waals surface area (Å²) >= 11 is 11.0. The van der Waals surface area contributed by atoms with Gasteiger partial charge in [-0.2, -0.15) is 0 Å². The van der Waals surface area contributed by atoms with Crippen molar-refractivity contribution in [3.8, 4) is 0 Å². The molecule has 2 nitrogen and oxygen atoms in total. The van der Waals surface area contributed by atoms with E-state index in [1.165, 1.54) is 11.8 Å². The number of hydrogen-bond acceptors (Lipinski definition) is 3. The lowest BCUT2D eigenvalue weighted by atomic mass is 10.2. The van der Waals surface area contributed by atoms with Gasteiger partial charge in [0.15, 0.2) is 0 Å². The molecule has 0 spiro atoms. The Balaban J connectivity index is 2.39. The number of aliphatic hydroxyl groups excluding tert-OH is 1. The van der Waals surface area contributed by atoms with Gasteiger partial charge in [0.25, 0.3) is 0 Å². The highest BCUT2D eigenvalue weighted by molar-refractivity contribution is 9.10. The van der Waals surface area contributed by atoms with Crippen molar-refractivity contribution in [2.75, 3.05) is 0 Å². The quantitative estimate of drug-likeness (QED) is 0.918. The highest BCUT2D eigenvalue weighted by Crippen LogP contribution is 2.37. The molecule has 0 aliphatic rings. The van der Waals surface area contributed by atoms with Gasteiger partial charge in [-0.1, -0.05) is 35.5 Å². The van der Waals surface area contributed by atoms with Crippen LogP contribution in [0.5, 0.6) is 0 Å². The third-order valence-electron chi connectivity index (χ3n) is 2.14. The minimum Gasteiger partial charge on any atom is -0.392 e. The molecule has 1 aromatic carbocycles. The summed E-state index contributed by atoms with van der Waals surface area (Å²) in [6.45, 7) is -0.0344. The summed E-state index contributed by atoms with van der Waals surface area (Å²) in [5.74, 6) is 0.